The molecule has 0 saturated carbocycles. The number of halogens is 2. The summed E-state index contributed by atoms with van der Waals surface area (Å²) in [5.74, 6) is 1.26. The molecule has 33 heavy (non-hydrogen) atoms. The van der Waals surface area contributed by atoms with E-state index in [0.717, 1.165) is 24.2 Å². The molecule has 4 nitrogen and oxygen atoms in total. The fourth-order valence-electron chi connectivity index (χ4n) is 4.23. The zero-order chi connectivity index (χ0) is 22.8. The number of nitrogens with zero attached hydrogens (tertiary/aromatic N) is 2. The maximum absolute atomic E-state index is 13.5. The average molecular weight is 465 g/mol. The number of fused-ring (bicyclic) bond motifs is 1. The molecular formula is C26H22F2N2O2S. The maximum Gasteiger partial charge on any atom is 0.197 e. The molecule has 1 fully saturated rings. The lowest BCUT2D eigenvalue weighted by atomic mass is 9.96. The fourth-order valence-corrected chi connectivity index (χ4v) is 4.50. The molecule has 0 spiro atoms. The minimum absolute atomic E-state index is 0.109. The molecule has 2 heterocycles. The van der Waals surface area contributed by atoms with Gasteiger partial charge in [-0.15, -0.1) is 0 Å². The van der Waals surface area contributed by atoms with Crippen LogP contribution in [0.2, 0.25) is 0 Å². The molecule has 0 amide bonds. The highest BCUT2D eigenvalue weighted by Crippen LogP contribution is 2.33. The summed E-state index contributed by atoms with van der Waals surface area (Å²) in [7, 11) is 0. The summed E-state index contributed by atoms with van der Waals surface area (Å²) in [6, 6.07) is 20.3. The molecule has 1 saturated heterocycles. The van der Waals surface area contributed by atoms with Crippen LogP contribution in [-0.4, -0.2) is 41.0 Å². The summed E-state index contributed by atoms with van der Waals surface area (Å²) in [6.45, 7) is 2.84. The van der Waals surface area contributed by atoms with Gasteiger partial charge in [0.2, 0.25) is 0 Å². The van der Waals surface area contributed by atoms with E-state index in [1.165, 1.54) is 24.3 Å². The molecule has 7 heteroatoms. The van der Waals surface area contributed by atoms with Gasteiger partial charge in [0.05, 0.1) is 6.04 Å². The van der Waals surface area contributed by atoms with Crippen molar-refractivity contribution in [3.05, 3.63) is 108 Å². The molecule has 2 aliphatic rings. The van der Waals surface area contributed by atoms with Crippen molar-refractivity contribution >= 4 is 17.2 Å². The molecular weight excluding hydrogens is 442 g/mol. The number of hydrogen-bond acceptors (Lipinski definition) is 4. The molecule has 0 unspecified atom stereocenters. The second kappa shape index (κ2) is 9.29. The third-order valence-corrected chi connectivity index (χ3v) is 6.37. The summed E-state index contributed by atoms with van der Waals surface area (Å²) in [4.78, 5) is 5.01. The Labute approximate surface area is 196 Å². The number of hydrogen-bond donors (Lipinski definition) is 0. The molecule has 0 aromatic heterocycles. The van der Waals surface area contributed by atoms with Gasteiger partial charge in [-0.3, -0.25) is 4.90 Å². The van der Waals surface area contributed by atoms with Crippen molar-refractivity contribution in [2.75, 3.05) is 26.2 Å². The normalized spacial score (nSPS) is 16.0. The fraction of sp³-hybridized carbons (Fsp3) is 0.192. The van der Waals surface area contributed by atoms with Crippen LogP contribution in [0, 0.1) is 11.6 Å². The van der Waals surface area contributed by atoms with E-state index in [2.05, 4.69) is 9.80 Å². The SMILES string of the molecule is Fc1ccc(C(c2ccc(F)cc2)N2CCN(C(=S)C3=COc4ccccc4O3)CC2)cc1. The van der Waals surface area contributed by atoms with Gasteiger partial charge in [0, 0.05) is 26.2 Å². The highest BCUT2D eigenvalue weighted by molar-refractivity contribution is 7.80. The summed E-state index contributed by atoms with van der Waals surface area (Å²) in [5, 5.41) is 0. The van der Waals surface area contributed by atoms with Crippen molar-refractivity contribution in [3.8, 4) is 11.5 Å². The first-order valence-electron chi connectivity index (χ1n) is 10.8. The summed E-state index contributed by atoms with van der Waals surface area (Å²) >= 11 is 5.69. The first kappa shape index (κ1) is 21.6. The molecule has 0 atom stereocenters. The molecule has 0 N–H and O–H groups in total. The predicted molar refractivity (Wildman–Crippen MR) is 126 cm³/mol. The molecule has 0 aliphatic carbocycles. The molecule has 5 rings (SSSR count). The third-order valence-electron chi connectivity index (χ3n) is 5.91. The Bertz CT molecular complexity index is 1130. The molecule has 3 aromatic rings. The van der Waals surface area contributed by atoms with Crippen LogP contribution in [0.25, 0.3) is 0 Å². The first-order chi connectivity index (χ1) is 16.1. The second-order valence-corrected chi connectivity index (χ2v) is 8.37. The van der Waals surface area contributed by atoms with E-state index in [1.807, 2.05) is 24.3 Å². The Balaban J connectivity index is 1.31. The van der Waals surface area contributed by atoms with Crippen molar-refractivity contribution in [3.63, 3.8) is 0 Å². The summed E-state index contributed by atoms with van der Waals surface area (Å²) < 4.78 is 38.7. The maximum atomic E-state index is 13.5. The first-order valence-corrected chi connectivity index (χ1v) is 11.2. The third kappa shape index (κ3) is 4.60. The van der Waals surface area contributed by atoms with Gasteiger partial charge in [-0.05, 0) is 47.5 Å². The molecule has 0 bridgehead atoms. The van der Waals surface area contributed by atoms with Crippen molar-refractivity contribution in [1.82, 2.24) is 9.80 Å². The zero-order valence-corrected chi connectivity index (χ0v) is 18.6. The van der Waals surface area contributed by atoms with Crippen molar-refractivity contribution in [1.29, 1.82) is 0 Å². The summed E-state index contributed by atoms with van der Waals surface area (Å²) in [5.41, 5.74) is 1.92. The second-order valence-electron chi connectivity index (χ2n) is 7.98. The molecule has 168 valence electrons. The van der Waals surface area contributed by atoms with Gasteiger partial charge in [0.1, 0.15) is 22.9 Å². The van der Waals surface area contributed by atoms with E-state index in [4.69, 9.17) is 21.7 Å². The Morgan fingerprint density at radius 1 is 0.758 bits per heavy atom. The molecule has 3 aromatic carbocycles. The Hall–Kier alpha value is -3.29. The number of ether oxygens (including phenoxy) is 2. The van der Waals surface area contributed by atoms with E-state index in [1.54, 1.807) is 30.5 Å². The van der Waals surface area contributed by atoms with Crippen LogP contribution in [-0.2, 0) is 0 Å². The van der Waals surface area contributed by atoms with E-state index in [-0.39, 0.29) is 17.7 Å². The van der Waals surface area contributed by atoms with Crippen LogP contribution < -0.4 is 9.47 Å². The van der Waals surface area contributed by atoms with E-state index in [0.29, 0.717) is 35.3 Å². The van der Waals surface area contributed by atoms with Crippen LogP contribution >= 0.6 is 12.2 Å². The van der Waals surface area contributed by atoms with Crippen molar-refractivity contribution in [2.24, 2.45) is 0 Å². The van der Waals surface area contributed by atoms with Gasteiger partial charge in [-0.25, -0.2) is 8.78 Å². The smallest absolute Gasteiger partial charge is 0.197 e. The van der Waals surface area contributed by atoms with Crippen LogP contribution in [0.5, 0.6) is 11.5 Å². The monoisotopic (exact) mass is 464 g/mol. The van der Waals surface area contributed by atoms with Crippen LogP contribution in [0.4, 0.5) is 8.78 Å². The Morgan fingerprint density at radius 2 is 1.30 bits per heavy atom. The number of benzene rings is 3. The number of thiocarbonyl (C=S) groups is 1. The quantitative estimate of drug-likeness (QED) is 0.487. The molecule has 2 aliphatic heterocycles. The number of para-hydroxylation sites is 2. The Kier molecular flexibility index (Phi) is 6.07. The van der Waals surface area contributed by atoms with Crippen LogP contribution in [0.3, 0.4) is 0 Å². The van der Waals surface area contributed by atoms with Crippen molar-refractivity contribution < 1.29 is 18.3 Å². The van der Waals surface area contributed by atoms with Gasteiger partial charge in [-0.2, -0.15) is 0 Å². The zero-order valence-electron chi connectivity index (χ0n) is 17.8. The number of piperazine rings is 1. The van der Waals surface area contributed by atoms with Crippen LogP contribution in [0.15, 0.2) is 84.8 Å². The van der Waals surface area contributed by atoms with E-state index < -0.39 is 0 Å². The lowest BCUT2D eigenvalue weighted by Gasteiger charge is -2.41. The minimum atomic E-state index is -0.281. The van der Waals surface area contributed by atoms with E-state index in [9.17, 15) is 8.78 Å². The van der Waals surface area contributed by atoms with Gasteiger partial charge in [-0.1, -0.05) is 48.6 Å². The highest BCUT2D eigenvalue weighted by Gasteiger charge is 2.29. The highest BCUT2D eigenvalue weighted by atomic mass is 32.1. The lowest BCUT2D eigenvalue weighted by molar-refractivity contribution is 0.150. The van der Waals surface area contributed by atoms with Gasteiger partial charge in [0.15, 0.2) is 17.3 Å². The number of rotatable bonds is 4. The topological polar surface area (TPSA) is 24.9 Å². The van der Waals surface area contributed by atoms with Gasteiger partial charge in [0.25, 0.3) is 0 Å². The van der Waals surface area contributed by atoms with Crippen molar-refractivity contribution in [2.45, 2.75) is 6.04 Å². The largest absolute Gasteiger partial charge is 0.457 e. The van der Waals surface area contributed by atoms with Gasteiger partial charge >= 0.3 is 0 Å². The minimum Gasteiger partial charge on any atom is -0.457 e. The molecule has 0 radical (unpaired) electrons. The predicted octanol–water partition coefficient (Wildman–Crippen LogP) is 5.31. The van der Waals surface area contributed by atoms with Crippen LogP contribution in [0.1, 0.15) is 17.2 Å². The lowest BCUT2D eigenvalue weighted by Crippen LogP contribution is -2.50. The van der Waals surface area contributed by atoms with E-state index >= 15 is 0 Å². The van der Waals surface area contributed by atoms with Gasteiger partial charge < -0.3 is 14.4 Å². The Morgan fingerprint density at radius 3 is 1.88 bits per heavy atom. The average Bonchev–Trinajstić information content (AvgIpc) is 2.86. The standard InChI is InChI=1S/C26H22F2N2O2S/c27-20-9-5-18(6-10-20)25(19-7-11-21(28)12-8-19)29-13-15-30(16-14-29)26(33)24-17-31-22-3-1-2-4-23(22)32-24/h1-12,17,25H,13-16H2. The summed E-state index contributed by atoms with van der Waals surface area (Å²) in [6.07, 6.45) is 1.55.